The zero-order chi connectivity index (χ0) is 17.8. The number of fused-ring (bicyclic) bond motifs is 4. The van der Waals surface area contributed by atoms with Crippen LogP contribution >= 0.6 is 0 Å². The Morgan fingerprint density at radius 2 is 1.88 bits per heavy atom. The molecule has 4 rings (SSSR count). The van der Waals surface area contributed by atoms with Crippen LogP contribution in [0, 0.1) is 11.8 Å². The number of halogens is 3. The number of carbonyl (C=O) groups excluding carboxylic acids is 2. The molecule has 1 unspecified atom stereocenters. The Morgan fingerprint density at radius 3 is 2.64 bits per heavy atom. The minimum Gasteiger partial charge on any atom is -0.339 e. The third-order valence-corrected chi connectivity index (χ3v) is 6.29. The molecule has 8 heteroatoms. The van der Waals surface area contributed by atoms with Crippen LogP contribution in [0.25, 0.3) is 0 Å². The maximum absolute atomic E-state index is 12.6. The first-order valence-electron chi connectivity index (χ1n) is 9.21. The number of carbonyl (C=O) groups is 2. The van der Waals surface area contributed by atoms with E-state index in [1.165, 1.54) is 0 Å². The Hall–Kier alpha value is -1.31. The van der Waals surface area contributed by atoms with Gasteiger partial charge in [0.1, 0.15) is 6.54 Å². The second-order valence-corrected chi connectivity index (χ2v) is 8.00. The van der Waals surface area contributed by atoms with E-state index in [0.29, 0.717) is 31.2 Å². The van der Waals surface area contributed by atoms with Crippen molar-refractivity contribution >= 4 is 11.8 Å². The first kappa shape index (κ1) is 17.1. The molecule has 0 aromatic carbocycles. The second-order valence-electron chi connectivity index (χ2n) is 8.00. The molecule has 2 amide bonds. The Morgan fingerprint density at radius 1 is 1.08 bits per heavy atom. The van der Waals surface area contributed by atoms with E-state index < -0.39 is 18.8 Å². The van der Waals surface area contributed by atoms with Gasteiger partial charge in [0, 0.05) is 38.6 Å². The maximum Gasteiger partial charge on any atom is 0.406 e. The Kier molecular flexibility index (Phi) is 4.21. The van der Waals surface area contributed by atoms with Crippen LogP contribution in [0.4, 0.5) is 13.2 Å². The zero-order valence-corrected chi connectivity index (χ0v) is 14.2. The molecule has 4 saturated heterocycles. The van der Waals surface area contributed by atoms with E-state index in [-0.39, 0.29) is 24.4 Å². The van der Waals surface area contributed by atoms with Gasteiger partial charge in [0.15, 0.2) is 0 Å². The molecular weight excluding hydrogens is 335 g/mol. The fourth-order valence-corrected chi connectivity index (χ4v) is 5.34. The molecule has 4 fully saturated rings. The molecule has 140 valence electrons. The fourth-order valence-electron chi connectivity index (χ4n) is 5.34. The molecule has 0 N–H and O–H groups in total. The van der Waals surface area contributed by atoms with Crippen molar-refractivity contribution in [1.82, 2.24) is 14.7 Å². The number of nitrogens with zero attached hydrogens (tertiary/aromatic N) is 3. The molecule has 4 aliphatic heterocycles. The van der Waals surface area contributed by atoms with E-state index in [1.54, 1.807) is 0 Å². The van der Waals surface area contributed by atoms with Crippen LogP contribution in [-0.4, -0.2) is 77.5 Å². The van der Waals surface area contributed by atoms with Crippen molar-refractivity contribution in [3.63, 3.8) is 0 Å². The topological polar surface area (TPSA) is 43.9 Å². The van der Waals surface area contributed by atoms with E-state index in [1.807, 2.05) is 4.90 Å². The number of alkyl halides is 3. The number of hydrogen-bond acceptors (Lipinski definition) is 3. The third-order valence-electron chi connectivity index (χ3n) is 6.29. The summed E-state index contributed by atoms with van der Waals surface area (Å²) in [5.41, 5.74) is 0. The Balaban J connectivity index is 1.44. The summed E-state index contributed by atoms with van der Waals surface area (Å²) in [4.78, 5) is 29.7. The van der Waals surface area contributed by atoms with E-state index in [4.69, 9.17) is 0 Å². The summed E-state index contributed by atoms with van der Waals surface area (Å²) in [6.07, 6.45) is -0.239. The maximum atomic E-state index is 12.6. The number of piperidine rings is 3. The predicted octanol–water partition coefficient (Wildman–Crippen LogP) is 1.48. The molecule has 4 atom stereocenters. The summed E-state index contributed by atoms with van der Waals surface area (Å²) in [5, 5.41) is 0. The van der Waals surface area contributed by atoms with Gasteiger partial charge in [0.25, 0.3) is 0 Å². The van der Waals surface area contributed by atoms with Crippen LogP contribution in [0.1, 0.15) is 32.1 Å². The van der Waals surface area contributed by atoms with Crippen molar-refractivity contribution in [3.05, 3.63) is 0 Å². The van der Waals surface area contributed by atoms with E-state index in [2.05, 4.69) is 4.90 Å². The van der Waals surface area contributed by atoms with E-state index in [9.17, 15) is 22.8 Å². The van der Waals surface area contributed by atoms with Crippen LogP contribution in [0.3, 0.4) is 0 Å². The molecule has 0 aromatic heterocycles. The summed E-state index contributed by atoms with van der Waals surface area (Å²) < 4.78 is 37.8. The molecule has 0 saturated carbocycles. The third kappa shape index (κ3) is 3.25. The highest BCUT2D eigenvalue weighted by molar-refractivity contribution is 5.84. The zero-order valence-electron chi connectivity index (χ0n) is 14.2. The average Bonchev–Trinajstić information content (AvgIpc) is 2.87. The van der Waals surface area contributed by atoms with Crippen molar-refractivity contribution in [1.29, 1.82) is 0 Å². The van der Waals surface area contributed by atoms with Crippen molar-refractivity contribution < 1.29 is 22.8 Å². The molecule has 4 heterocycles. The molecule has 4 aliphatic rings. The summed E-state index contributed by atoms with van der Waals surface area (Å²) >= 11 is 0. The lowest BCUT2D eigenvalue weighted by Gasteiger charge is -2.53. The van der Waals surface area contributed by atoms with Gasteiger partial charge in [0.2, 0.25) is 11.8 Å². The normalized spacial score (nSPS) is 36.8. The van der Waals surface area contributed by atoms with Gasteiger partial charge in [-0.3, -0.25) is 14.5 Å². The molecular formula is C17H24F3N3O2. The van der Waals surface area contributed by atoms with Crippen LogP contribution in [0.2, 0.25) is 0 Å². The summed E-state index contributed by atoms with van der Waals surface area (Å²) in [6.45, 7) is 1.21. The van der Waals surface area contributed by atoms with Gasteiger partial charge in [-0.1, -0.05) is 0 Å². The van der Waals surface area contributed by atoms with Crippen molar-refractivity contribution in [2.45, 2.75) is 50.4 Å². The fraction of sp³-hybridized carbons (Fsp3) is 0.882. The molecule has 25 heavy (non-hydrogen) atoms. The second kappa shape index (κ2) is 6.14. The molecule has 0 radical (unpaired) electrons. The minimum absolute atomic E-state index is 0.183. The summed E-state index contributed by atoms with van der Waals surface area (Å²) in [7, 11) is 0. The minimum atomic E-state index is -4.34. The summed E-state index contributed by atoms with van der Waals surface area (Å²) in [6, 6.07) is -0.165. The molecule has 0 aromatic rings. The van der Waals surface area contributed by atoms with Crippen molar-refractivity contribution in [2.24, 2.45) is 11.8 Å². The van der Waals surface area contributed by atoms with Gasteiger partial charge in [-0.2, -0.15) is 13.2 Å². The van der Waals surface area contributed by atoms with Gasteiger partial charge in [-0.15, -0.1) is 0 Å². The number of rotatable bonds is 2. The van der Waals surface area contributed by atoms with Crippen LogP contribution in [0.15, 0.2) is 0 Å². The lowest BCUT2D eigenvalue weighted by molar-refractivity contribution is -0.160. The SMILES string of the molecule is O=C1C(N2C[C@@H]3C[C@@H](C2)[C@@H]2CCCC(=O)N2C3)CCN1CC(F)(F)F. The Bertz CT molecular complexity index is 568. The van der Waals surface area contributed by atoms with Gasteiger partial charge < -0.3 is 9.80 Å². The smallest absolute Gasteiger partial charge is 0.339 e. The van der Waals surface area contributed by atoms with Gasteiger partial charge in [-0.25, -0.2) is 0 Å². The highest BCUT2D eigenvalue weighted by Gasteiger charge is 2.48. The van der Waals surface area contributed by atoms with Crippen LogP contribution in [-0.2, 0) is 9.59 Å². The highest BCUT2D eigenvalue weighted by Crippen LogP contribution is 2.39. The summed E-state index contributed by atoms with van der Waals surface area (Å²) in [5.74, 6) is 0.546. The van der Waals surface area contributed by atoms with Gasteiger partial charge >= 0.3 is 6.18 Å². The van der Waals surface area contributed by atoms with Crippen molar-refractivity contribution in [2.75, 3.05) is 32.7 Å². The number of hydrogen-bond donors (Lipinski definition) is 0. The first-order valence-corrected chi connectivity index (χ1v) is 9.21. The molecule has 2 bridgehead atoms. The van der Waals surface area contributed by atoms with E-state index >= 15 is 0 Å². The number of amides is 2. The van der Waals surface area contributed by atoms with Crippen LogP contribution < -0.4 is 0 Å². The van der Waals surface area contributed by atoms with E-state index in [0.717, 1.165) is 37.3 Å². The predicted molar refractivity (Wildman–Crippen MR) is 83.6 cm³/mol. The average molecular weight is 359 g/mol. The van der Waals surface area contributed by atoms with Crippen LogP contribution in [0.5, 0.6) is 0 Å². The van der Waals surface area contributed by atoms with Crippen molar-refractivity contribution in [3.8, 4) is 0 Å². The lowest BCUT2D eigenvalue weighted by Crippen LogP contribution is -2.62. The number of likely N-dealkylation sites (tertiary alicyclic amines) is 2. The standard InChI is InChI=1S/C17H24F3N3O2/c18-17(19,20)10-21-5-4-14(16(21)25)22-7-11-6-12(9-22)13-2-1-3-15(24)23(13)8-11/h11-14H,1-10H2/t11-,12-,13-,14?/m0/s1. The molecule has 0 aliphatic carbocycles. The van der Waals surface area contributed by atoms with Gasteiger partial charge in [-0.05, 0) is 37.5 Å². The highest BCUT2D eigenvalue weighted by atomic mass is 19.4. The first-order chi connectivity index (χ1) is 11.8. The molecule has 0 spiro atoms. The van der Waals surface area contributed by atoms with Gasteiger partial charge in [0.05, 0.1) is 6.04 Å². The largest absolute Gasteiger partial charge is 0.406 e. The quantitative estimate of drug-likeness (QED) is 0.750. The monoisotopic (exact) mass is 359 g/mol. The lowest BCUT2D eigenvalue weighted by atomic mass is 9.75. The molecule has 5 nitrogen and oxygen atoms in total. The Labute approximate surface area is 145 Å².